The van der Waals surface area contributed by atoms with Gasteiger partial charge in [-0.05, 0) is 24.2 Å². The molecule has 0 atom stereocenters. The standard InChI is InChI=1S/C17H22N2O/c1-3-19(12-14-8-4-6-10-16(14)18)13-15-9-5-7-11-17(15)20-2/h4-11H,3,12-13,18H2,1-2H3. The van der Waals surface area contributed by atoms with E-state index in [1.54, 1.807) is 7.11 Å². The molecule has 0 heterocycles. The molecule has 0 aliphatic carbocycles. The van der Waals surface area contributed by atoms with Crippen molar-refractivity contribution < 1.29 is 4.74 Å². The van der Waals surface area contributed by atoms with Crippen LogP contribution in [0.3, 0.4) is 0 Å². The zero-order valence-corrected chi connectivity index (χ0v) is 12.2. The Morgan fingerprint density at radius 1 is 0.950 bits per heavy atom. The van der Waals surface area contributed by atoms with Crippen LogP contribution in [0.15, 0.2) is 48.5 Å². The summed E-state index contributed by atoms with van der Waals surface area (Å²) in [6.45, 7) is 4.83. The Kier molecular flexibility index (Phi) is 5.02. The summed E-state index contributed by atoms with van der Waals surface area (Å²) in [6, 6.07) is 16.2. The zero-order valence-electron chi connectivity index (χ0n) is 12.2. The molecule has 2 rings (SSSR count). The van der Waals surface area contributed by atoms with Crippen molar-refractivity contribution in [1.82, 2.24) is 4.90 Å². The van der Waals surface area contributed by atoms with E-state index in [0.717, 1.165) is 31.1 Å². The second-order valence-electron chi connectivity index (χ2n) is 4.81. The Morgan fingerprint density at radius 3 is 2.20 bits per heavy atom. The predicted molar refractivity (Wildman–Crippen MR) is 83.6 cm³/mol. The first kappa shape index (κ1) is 14.4. The van der Waals surface area contributed by atoms with Gasteiger partial charge in [0.1, 0.15) is 5.75 Å². The van der Waals surface area contributed by atoms with Crippen molar-refractivity contribution in [2.45, 2.75) is 20.0 Å². The third-order valence-electron chi connectivity index (χ3n) is 3.48. The summed E-state index contributed by atoms with van der Waals surface area (Å²) in [4.78, 5) is 2.35. The van der Waals surface area contributed by atoms with Crippen molar-refractivity contribution in [2.24, 2.45) is 0 Å². The summed E-state index contributed by atoms with van der Waals surface area (Å²) in [7, 11) is 1.71. The van der Waals surface area contributed by atoms with Gasteiger partial charge in [0.2, 0.25) is 0 Å². The lowest BCUT2D eigenvalue weighted by atomic mass is 10.1. The predicted octanol–water partition coefficient (Wildman–Crippen LogP) is 3.30. The highest BCUT2D eigenvalue weighted by Crippen LogP contribution is 2.21. The Bertz CT molecular complexity index is 554. The minimum atomic E-state index is 0.848. The molecule has 0 fully saturated rings. The third-order valence-corrected chi connectivity index (χ3v) is 3.48. The van der Waals surface area contributed by atoms with Gasteiger partial charge in [0.05, 0.1) is 7.11 Å². The van der Waals surface area contributed by atoms with E-state index in [4.69, 9.17) is 10.5 Å². The quantitative estimate of drug-likeness (QED) is 0.819. The number of methoxy groups -OCH3 is 1. The van der Waals surface area contributed by atoms with E-state index >= 15 is 0 Å². The van der Waals surface area contributed by atoms with Crippen molar-refractivity contribution in [1.29, 1.82) is 0 Å². The number of nitrogens with zero attached hydrogens (tertiary/aromatic N) is 1. The minimum Gasteiger partial charge on any atom is -0.496 e. The van der Waals surface area contributed by atoms with Gasteiger partial charge in [0.25, 0.3) is 0 Å². The van der Waals surface area contributed by atoms with Gasteiger partial charge >= 0.3 is 0 Å². The van der Waals surface area contributed by atoms with Gasteiger partial charge in [0.15, 0.2) is 0 Å². The van der Waals surface area contributed by atoms with E-state index in [2.05, 4.69) is 24.0 Å². The molecule has 0 unspecified atom stereocenters. The molecular weight excluding hydrogens is 248 g/mol. The fourth-order valence-corrected chi connectivity index (χ4v) is 2.27. The molecule has 0 radical (unpaired) electrons. The maximum Gasteiger partial charge on any atom is 0.123 e. The van der Waals surface area contributed by atoms with Crippen LogP contribution in [0.2, 0.25) is 0 Å². The summed E-state index contributed by atoms with van der Waals surface area (Å²) in [5, 5.41) is 0. The third kappa shape index (κ3) is 3.52. The van der Waals surface area contributed by atoms with Crippen molar-refractivity contribution >= 4 is 5.69 Å². The molecule has 2 N–H and O–H groups in total. The van der Waals surface area contributed by atoms with Crippen LogP contribution in [0.5, 0.6) is 5.75 Å². The monoisotopic (exact) mass is 270 g/mol. The molecule has 106 valence electrons. The molecule has 20 heavy (non-hydrogen) atoms. The van der Waals surface area contributed by atoms with E-state index in [9.17, 15) is 0 Å². The largest absolute Gasteiger partial charge is 0.496 e. The number of hydrogen-bond acceptors (Lipinski definition) is 3. The van der Waals surface area contributed by atoms with E-state index in [0.29, 0.717) is 0 Å². The lowest BCUT2D eigenvalue weighted by Gasteiger charge is -2.22. The molecule has 0 aliphatic heterocycles. The molecule has 0 amide bonds. The number of benzene rings is 2. The highest BCUT2D eigenvalue weighted by atomic mass is 16.5. The van der Waals surface area contributed by atoms with Crippen molar-refractivity contribution in [3.8, 4) is 5.75 Å². The number of nitrogens with two attached hydrogens (primary N) is 1. The summed E-state index contributed by atoms with van der Waals surface area (Å²) in [6.07, 6.45) is 0. The Labute approximate surface area is 121 Å². The number of rotatable bonds is 6. The summed E-state index contributed by atoms with van der Waals surface area (Å²) >= 11 is 0. The normalized spacial score (nSPS) is 10.8. The first-order valence-corrected chi connectivity index (χ1v) is 6.92. The van der Waals surface area contributed by atoms with E-state index < -0.39 is 0 Å². The van der Waals surface area contributed by atoms with Crippen LogP contribution in [0.4, 0.5) is 5.69 Å². The number of para-hydroxylation sites is 2. The minimum absolute atomic E-state index is 0.848. The van der Waals surface area contributed by atoms with E-state index in [1.165, 1.54) is 11.1 Å². The Hall–Kier alpha value is -2.00. The summed E-state index contributed by atoms with van der Waals surface area (Å²) < 4.78 is 5.41. The second kappa shape index (κ2) is 6.96. The van der Waals surface area contributed by atoms with Gasteiger partial charge in [-0.15, -0.1) is 0 Å². The van der Waals surface area contributed by atoms with Gasteiger partial charge in [-0.1, -0.05) is 43.3 Å². The Morgan fingerprint density at radius 2 is 1.55 bits per heavy atom. The van der Waals surface area contributed by atoms with Crippen LogP contribution in [-0.2, 0) is 13.1 Å². The zero-order chi connectivity index (χ0) is 14.4. The van der Waals surface area contributed by atoms with Gasteiger partial charge in [0, 0.05) is 24.3 Å². The average Bonchev–Trinajstić information content (AvgIpc) is 2.49. The van der Waals surface area contributed by atoms with Crippen LogP contribution in [0.25, 0.3) is 0 Å². The van der Waals surface area contributed by atoms with Crippen LogP contribution in [-0.4, -0.2) is 18.6 Å². The molecule has 0 spiro atoms. The summed E-state index contributed by atoms with van der Waals surface area (Å²) in [5.41, 5.74) is 9.25. The molecule has 3 nitrogen and oxygen atoms in total. The van der Waals surface area contributed by atoms with E-state index in [-0.39, 0.29) is 0 Å². The molecule has 0 aromatic heterocycles. The first-order chi connectivity index (χ1) is 9.74. The number of hydrogen-bond donors (Lipinski definition) is 1. The second-order valence-corrected chi connectivity index (χ2v) is 4.81. The van der Waals surface area contributed by atoms with Gasteiger partial charge in [-0.2, -0.15) is 0 Å². The smallest absolute Gasteiger partial charge is 0.123 e. The fraction of sp³-hybridized carbons (Fsp3) is 0.294. The topological polar surface area (TPSA) is 38.5 Å². The van der Waals surface area contributed by atoms with Crippen LogP contribution < -0.4 is 10.5 Å². The molecule has 2 aromatic rings. The summed E-state index contributed by atoms with van der Waals surface area (Å²) in [5.74, 6) is 0.937. The maximum atomic E-state index is 6.02. The van der Waals surface area contributed by atoms with Gasteiger partial charge in [-0.3, -0.25) is 4.90 Å². The van der Waals surface area contributed by atoms with E-state index in [1.807, 2.05) is 36.4 Å². The van der Waals surface area contributed by atoms with Gasteiger partial charge in [-0.25, -0.2) is 0 Å². The number of ether oxygens (including phenoxy) is 1. The van der Waals surface area contributed by atoms with Crippen molar-refractivity contribution in [2.75, 3.05) is 19.4 Å². The van der Waals surface area contributed by atoms with Gasteiger partial charge < -0.3 is 10.5 Å². The van der Waals surface area contributed by atoms with Crippen molar-refractivity contribution in [3.63, 3.8) is 0 Å². The lowest BCUT2D eigenvalue weighted by molar-refractivity contribution is 0.266. The first-order valence-electron chi connectivity index (χ1n) is 6.92. The highest BCUT2D eigenvalue weighted by molar-refractivity contribution is 5.46. The molecule has 2 aromatic carbocycles. The molecular formula is C17H22N2O. The maximum absolute atomic E-state index is 6.02. The molecule has 0 aliphatic rings. The van der Waals surface area contributed by atoms with Crippen LogP contribution >= 0.6 is 0 Å². The van der Waals surface area contributed by atoms with Crippen molar-refractivity contribution in [3.05, 3.63) is 59.7 Å². The van der Waals surface area contributed by atoms with Crippen LogP contribution in [0, 0.1) is 0 Å². The molecule has 0 saturated carbocycles. The molecule has 0 bridgehead atoms. The number of anilines is 1. The molecule has 0 saturated heterocycles. The Balaban J connectivity index is 2.11. The number of nitrogen functional groups attached to an aromatic ring is 1. The fourth-order valence-electron chi connectivity index (χ4n) is 2.27. The average molecular weight is 270 g/mol. The SMILES string of the molecule is CCN(Cc1ccccc1N)Cc1ccccc1OC. The molecule has 3 heteroatoms. The lowest BCUT2D eigenvalue weighted by Crippen LogP contribution is -2.23. The van der Waals surface area contributed by atoms with Crippen LogP contribution in [0.1, 0.15) is 18.1 Å². The highest BCUT2D eigenvalue weighted by Gasteiger charge is 2.09.